The summed E-state index contributed by atoms with van der Waals surface area (Å²) in [5.41, 5.74) is 1.89. The molecule has 6 nitrogen and oxygen atoms in total. The van der Waals surface area contributed by atoms with Crippen LogP contribution in [0.5, 0.6) is 5.75 Å². The van der Waals surface area contributed by atoms with Gasteiger partial charge in [-0.05, 0) is 80.9 Å². The second-order valence-electron chi connectivity index (χ2n) is 9.07. The Morgan fingerprint density at radius 2 is 1.94 bits per heavy atom. The highest BCUT2D eigenvalue weighted by Gasteiger charge is 2.28. The highest BCUT2D eigenvalue weighted by atomic mass is 32.1. The van der Waals surface area contributed by atoms with Crippen LogP contribution in [0.4, 0.5) is 5.69 Å². The first-order valence-electron chi connectivity index (χ1n) is 13.0. The number of rotatable bonds is 10. The molecule has 1 amide bonds. The standard InChI is InChI=1S/C21H27N3O2.C8H13NS/c1-2-21(26)24(19-7-5-12-22-16-19)18-10-14-23(15-11-18)13-9-17-6-3-4-8-20(17)25;1-9-6-2-4-8-5-3-7-10-8/h3-8,12,16,18,25H,2,9-11,13-15H2,1H3;3,5,7,9H,2,4,6H2,1H3. The van der Waals surface area contributed by atoms with Crippen molar-refractivity contribution in [2.45, 2.75) is 51.5 Å². The van der Waals surface area contributed by atoms with Crippen molar-refractivity contribution in [2.75, 3.05) is 38.1 Å². The number of pyridine rings is 1. The average molecular weight is 509 g/mol. The molecule has 1 saturated heterocycles. The minimum absolute atomic E-state index is 0.158. The number of carbonyl (C=O) groups is 1. The molecule has 0 atom stereocenters. The van der Waals surface area contributed by atoms with Crippen LogP contribution in [-0.4, -0.2) is 60.2 Å². The monoisotopic (exact) mass is 508 g/mol. The number of hydrogen-bond acceptors (Lipinski definition) is 6. The zero-order valence-corrected chi connectivity index (χ0v) is 22.4. The first-order valence-corrected chi connectivity index (χ1v) is 13.9. The molecule has 0 bridgehead atoms. The largest absolute Gasteiger partial charge is 0.508 e. The van der Waals surface area contributed by atoms with Gasteiger partial charge in [-0.25, -0.2) is 0 Å². The molecule has 2 N–H and O–H groups in total. The van der Waals surface area contributed by atoms with E-state index in [9.17, 15) is 9.90 Å². The lowest BCUT2D eigenvalue weighted by atomic mass is 10.0. The van der Waals surface area contributed by atoms with Gasteiger partial charge in [0.05, 0.1) is 11.9 Å². The maximum Gasteiger partial charge on any atom is 0.227 e. The molecule has 1 aliphatic rings. The van der Waals surface area contributed by atoms with Gasteiger partial charge in [-0.3, -0.25) is 9.78 Å². The van der Waals surface area contributed by atoms with Gasteiger partial charge in [0.1, 0.15) is 5.75 Å². The van der Waals surface area contributed by atoms with Gasteiger partial charge in [-0.2, -0.15) is 0 Å². The number of amides is 1. The number of likely N-dealkylation sites (tertiary alicyclic amines) is 1. The van der Waals surface area contributed by atoms with E-state index >= 15 is 0 Å². The van der Waals surface area contributed by atoms with Crippen molar-refractivity contribution < 1.29 is 9.90 Å². The number of aryl methyl sites for hydroxylation is 1. The second kappa shape index (κ2) is 15.4. The number of thiophene rings is 1. The molecule has 1 aliphatic heterocycles. The summed E-state index contributed by atoms with van der Waals surface area (Å²) in [7, 11) is 1.99. The maximum atomic E-state index is 12.5. The van der Waals surface area contributed by atoms with Crippen molar-refractivity contribution in [1.29, 1.82) is 0 Å². The number of para-hydroxylation sites is 1. The number of nitrogens with zero attached hydrogens (tertiary/aromatic N) is 3. The molecule has 194 valence electrons. The van der Waals surface area contributed by atoms with Gasteiger partial charge >= 0.3 is 0 Å². The van der Waals surface area contributed by atoms with Gasteiger partial charge in [-0.15, -0.1) is 11.3 Å². The van der Waals surface area contributed by atoms with Crippen molar-refractivity contribution in [3.63, 3.8) is 0 Å². The van der Waals surface area contributed by atoms with Gasteiger partial charge in [0, 0.05) is 43.2 Å². The lowest BCUT2D eigenvalue weighted by Crippen LogP contribution is -2.48. The number of benzene rings is 1. The van der Waals surface area contributed by atoms with Gasteiger partial charge in [0.25, 0.3) is 0 Å². The summed E-state index contributed by atoms with van der Waals surface area (Å²) in [6, 6.07) is 15.9. The molecule has 3 heterocycles. The number of phenols is 1. The van der Waals surface area contributed by atoms with Crippen LogP contribution in [0, 0.1) is 0 Å². The molecule has 1 aromatic carbocycles. The number of anilines is 1. The smallest absolute Gasteiger partial charge is 0.227 e. The molecule has 7 heteroatoms. The third-order valence-electron chi connectivity index (χ3n) is 6.54. The Hall–Kier alpha value is -2.74. The molecule has 3 aromatic rings. The first-order chi connectivity index (χ1) is 17.6. The molecule has 0 spiro atoms. The molecule has 0 aliphatic carbocycles. The second-order valence-corrected chi connectivity index (χ2v) is 10.1. The van der Waals surface area contributed by atoms with Crippen LogP contribution in [0.3, 0.4) is 0 Å². The average Bonchev–Trinajstić information content (AvgIpc) is 3.44. The van der Waals surface area contributed by atoms with Crippen molar-refractivity contribution >= 4 is 22.9 Å². The number of phenolic OH excluding ortho intramolecular Hbond substituents is 1. The van der Waals surface area contributed by atoms with Gasteiger partial charge in [-0.1, -0.05) is 31.2 Å². The summed E-state index contributed by atoms with van der Waals surface area (Å²) in [6.07, 6.45) is 9.25. The first kappa shape index (κ1) is 27.8. The minimum Gasteiger partial charge on any atom is -0.508 e. The van der Waals surface area contributed by atoms with Crippen LogP contribution in [0.25, 0.3) is 0 Å². The van der Waals surface area contributed by atoms with Crippen molar-refractivity contribution in [1.82, 2.24) is 15.2 Å². The lowest BCUT2D eigenvalue weighted by molar-refractivity contribution is -0.119. The SMILES string of the molecule is CCC(=O)N(c1cccnc1)C1CCN(CCc2ccccc2O)CC1.CNCCCc1cccs1. The Labute approximate surface area is 220 Å². The topological polar surface area (TPSA) is 68.7 Å². The summed E-state index contributed by atoms with van der Waals surface area (Å²) in [4.78, 5) is 22.5. The fraction of sp³-hybridized carbons (Fsp3) is 0.448. The molecule has 0 unspecified atom stereocenters. The van der Waals surface area contributed by atoms with Crippen molar-refractivity contribution in [3.8, 4) is 5.75 Å². The summed E-state index contributed by atoms with van der Waals surface area (Å²) in [5, 5.41) is 15.2. The Morgan fingerprint density at radius 1 is 1.14 bits per heavy atom. The number of carbonyl (C=O) groups excluding carboxylic acids is 1. The quantitative estimate of drug-likeness (QED) is 0.371. The van der Waals surface area contributed by atoms with Crippen LogP contribution in [0.1, 0.15) is 43.0 Å². The van der Waals surface area contributed by atoms with Crippen LogP contribution >= 0.6 is 11.3 Å². The summed E-state index contributed by atoms with van der Waals surface area (Å²) in [6.45, 7) is 5.89. The van der Waals surface area contributed by atoms with E-state index in [1.165, 1.54) is 17.7 Å². The fourth-order valence-electron chi connectivity index (χ4n) is 4.52. The Balaban J connectivity index is 0.000000303. The van der Waals surface area contributed by atoms with E-state index in [2.05, 4.69) is 32.7 Å². The highest BCUT2D eigenvalue weighted by Crippen LogP contribution is 2.24. The fourth-order valence-corrected chi connectivity index (χ4v) is 5.27. The van der Waals surface area contributed by atoms with E-state index in [4.69, 9.17) is 0 Å². The third-order valence-corrected chi connectivity index (χ3v) is 7.47. The normalized spacial score (nSPS) is 14.2. The van der Waals surface area contributed by atoms with Gasteiger partial charge in [0.15, 0.2) is 0 Å². The molecular weight excluding hydrogens is 468 g/mol. The van der Waals surface area contributed by atoms with E-state index in [-0.39, 0.29) is 11.9 Å². The van der Waals surface area contributed by atoms with Crippen LogP contribution in [0.2, 0.25) is 0 Å². The predicted molar refractivity (Wildman–Crippen MR) is 150 cm³/mol. The number of piperidine rings is 1. The number of hydrogen-bond donors (Lipinski definition) is 2. The Morgan fingerprint density at radius 3 is 2.58 bits per heavy atom. The zero-order valence-electron chi connectivity index (χ0n) is 21.6. The number of aromatic hydroxyl groups is 1. The van der Waals surface area contributed by atoms with E-state index < -0.39 is 0 Å². The van der Waals surface area contributed by atoms with E-state index in [0.29, 0.717) is 12.2 Å². The maximum absolute atomic E-state index is 12.5. The Bertz CT molecular complexity index is 1010. The van der Waals surface area contributed by atoms with Crippen LogP contribution < -0.4 is 10.2 Å². The molecule has 1 fully saturated rings. The summed E-state index contributed by atoms with van der Waals surface area (Å²) >= 11 is 1.85. The molecule has 0 saturated carbocycles. The highest BCUT2D eigenvalue weighted by molar-refractivity contribution is 7.09. The summed E-state index contributed by atoms with van der Waals surface area (Å²) < 4.78 is 0. The lowest BCUT2D eigenvalue weighted by Gasteiger charge is -2.38. The van der Waals surface area contributed by atoms with Gasteiger partial charge < -0.3 is 20.2 Å². The van der Waals surface area contributed by atoms with Crippen molar-refractivity contribution in [3.05, 3.63) is 76.7 Å². The molecular formula is C29H40N4O2S. The number of nitrogens with one attached hydrogen (secondary N) is 1. The number of aromatic nitrogens is 1. The van der Waals surface area contributed by atoms with Crippen LogP contribution in [-0.2, 0) is 17.6 Å². The third kappa shape index (κ3) is 8.73. The molecule has 4 rings (SSSR count). The molecule has 0 radical (unpaired) electrons. The van der Waals surface area contributed by atoms with Crippen molar-refractivity contribution in [2.24, 2.45) is 0 Å². The minimum atomic E-state index is 0.158. The Kier molecular flexibility index (Phi) is 11.9. The van der Waals surface area contributed by atoms with E-state index in [1.54, 1.807) is 18.5 Å². The molecule has 36 heavy (non-hydrogen) atoms. The molecule has 2 aromatic heterocycles. The summed E-state index contributed by atoms with van der Waals surface area (Å²) in [5.74, 6) is 0.532. The van der Waals surface area contributed by atoms with Crippen LogP contribution in [0.15, 0.2) is 66.3 Å². The predicted octanol–water partition coefficient (Wildman–Crippen LogP) is 5.14. The van der Waals surface area contributed by atoms with E-state index in [0.717, 1.165) is 56.7 Å². The van der Waals surface area contributed by atoms with Gasteiger partial charge in [0.2, 0.25) is 5.91 Å². The van der Waals surface area contributed by atoms with E-state index in [1.807, 2.05) is 60.5 Å². The zero-order chi connectivity index (χ0) is 25.6.